The van der Waals surface area contributed by atoms with Gasteiger partial charge in [-0.2, -0.15) is 0 Å². The Morgan fingerprint density at radius 3 is 2.72 bits per heavy atom. The minimum absolute atomic E-state index is 0.0821. The molecule has 0 aliphatic heterocycles. The van der Waals surface area contributed by atoms with Gasteiger partial charge in [0.25, 0.3) is 0 Å². The second kappa shape index (κ2) is 7.71. The van der Waals surface area contributed by atoms with Crippen LogP contribution in [0.3, 0.4) is 0 Å². The van der Waals surface area contributed by atoms with Crippen LogP contribution in [0.1, 0.15) is 20.3 Å². The van der Waals surface area contributed by atoms with Crippen LogP contribution in [0.15, 0.2) is 6.33 Å². The molecular weight excluding hydrogens is 232 g/mol. The molecule has 6 nitrogen and oxygen atoms in total. The van der Waals surface area contributed by atoms with Crippen LogP contribution in [0.4, 0.5) is 11.6 Å². The molecule has 0 radical (unpaired) electrons. The summed E-state index contributed by atoms with van der Waals surface area (Å²) < 4.78 is 5.39. The average molecular weight is 254 g/mol. The van der Waals surface area contributed by atoms with Crippen LogP contribution in [0, 0.1) is 0 Å². The molecule has 0 spiro atoms. The lowest BCUT2D eigenvalue weighted by Gasteiger charge is -2.23. The molecule has 0 atom stereocenters. The summed E-state index contributed by atoms with van der Waals surface area (Å²) in [6.45, 7) is 6.29. The van der Waals surface area contributed by atoms with Gasteiger partial charge in [0, 0.05) is 19.6 Å². The van der Waals surface area contributed by atoms with Gasteiger partial charge in [0.2, 0.25) is 5.75 Å². The summed E-state index contributed by atoms with van der Waals surface area (Å²) in [4.78, 5) is 10.4. The van der Waals surface area contributed by atoms with Gasteiger partial charge in [-0.15, -0.1) is 0 Å². The van der Waals surface area contributed by atoms with Crippen LogP contribution in [0.2, 0.25) is 0 Å². The van der Waals surface area contributed by atoms with Gasteiger partial charge in [-0.05, 0) is 13.3 Å². The minimum atomic E-state index is 0.0821. The maximum Gasteiger partial charge on any atom is 0.204 e. The van der Waals surface area contributed by atoms with Gasteiger partial charge in [0.15, 0.2) is 11.6 Å². The summed E-state index contributed by atoms with van der Waals surface area (Å²) in [5.74, 6) is 2.03. The van der Waals surface area contributed by atoms with E-state index in [-0.39, 0.29) is 6.61 Å². The lowest BCUT2D eigenvalue weighted by molar-refractivity contribution is 0.301. The Morgan fingerprint density at radius 2 is 2.17 bits per heavy atom. The zero-order chi connectivity index (χ0) is 13.4. The van der Waals surface area contributed by atoms with Crippen LogP contribution in [-0.2, 0) is 0 Å². The summed E-state index contributed by atoms with van der Waals surface area (Å²) in [7, 11) is 1.60. The van der Waals surface area contributed by atoms with Crippen molar-refractivity contribution in [3.05, 3.63) is 6.33 Å². The summed E-state index contributed by atoms with van der Waals surface area (Å²) in [6, 6.07) is 0. The molecule has 0 amide bonds. The van der Waals surface area contributed by atoms with Crippen molar-refractivity contribution < 1.29 is 9.84 Å². The van der Waals surface area contributed by atoms with E-state index in [1.807, 2.05) is 11.8 Å². The van der Waals surface area contributed by atoms with Crippen molar-refractivity contribution in [2.45, 2.75) is 20.3 Å². The van der Waals surface area contributed by atoms with Gasteiger partial charge in [-0.25, -0.2) is 9.97 Å². The van der Waals surface area contributed by atoms with Crippen molar-refractivity contribution in [2.24, 2.45) is 0 Å². The number of aliphatic hydroxyl groups is 1. The Balaban J connectivity index is 3.02. The first kappa shape index (κ1) is 14.5. The Bertz CT molecular complexity index is 360. The van der Waals surface area contributed by atoms with Gasteiger partial charge in [0.05, 0.1) is 13.7 Å². The van der Waals surface area contributed by atoms with Crippen LogP contribution < -0.4 is 15.0 Å². The van der Waals surface area contributed by atoms with Gasteiger partial charge < -0.3 is 20.1 Å². The summed E-state index contributed by atoms with van der Waals surface area (Å²) >= 11 is 0. The summed E-state index contributed by atoms with van der Waals surface area (Å²) in [5.41, 5.74) is 0. The highest BCUT2D eigenvalue weighted by molar-refractivity contribution is 5.64. The molecule has 0 saturated heterocycles. The molecule has 0 saturated carbocycles. The zero-order valence-electron chi connectivity index (χ0n) is 11.3. The Morgan fingerprint density at radius 1 is 1.39 bits per heavy atom. The van der Waals surface area contributed by atoms with Gasteiger partial charge in [0.1, 0.15) is 6.33 Å². The van der Waals surface area contributed by atoms with E-state index in [1.165, 1.54) is 6.33 Å². The molecule has 0 fully saturated rings. The summed E-state index contributed by atoms with van der Waals surface area (Å²) in [5, 5.41) is 12.3. The van der Waals surface area contributed by atoms with Crippen molar-refractivity contribution in [1.82, 2.24) is 9.97 Å². The molecule has 1 heterocycles. The first-order chi connectivity index (χ1) is 8.78. The Kier molecular flexibility index (Phi) is 6.21. The highest BCUT2D eigenvalue weighted by atomic mass is 16.5. The number of hydrogen-bond acceptors (Lipinski definition) is 6. The standard InChI is InChI=1S/C12H22N4O2/c1-4-6-13-11-10(18-3)12(15-9-14-11)16(5-2)7-8-17/h9,17H,4-8H2,1-3H3,(H,13,14,15). The number of nitrogens with zero attached hydrogens (tertiary/aromatic N) is 3. The quantitative estimate of drug-likeness (QED) is 0.724. The topological polar surface area (TPSA) is 70.5 Å². The molecule has 0 aliphatic carbocycles. The smallest absolute Gasteiger partial charge is 0.204 e. The molecule has 2 N–H and O–H groups in total. The third-order valence-electron chi connectivity index (χ3n) is 2.58. The minimum Gasteiger partial charge on any atom is -0.490 e. The fourth-order valence-corrected chi connectivity index (χ4v) is 1.68. The zero-order valence-corrected chi connectivity index (χ0v) is 11.3. The number of hydrogen-bond donors (Lipinski definition) is 2. The first-order valence-corrected chi connectivity index (χ1v) is 6.27. The highest BCUT2D eigenvalue weighted by Crippen LogP contribution is 2.31. The molecule has 1 rings (SSSR count). The first-order valence-electron chi connectivity index (χ1n) is 6.27. The molecule has 0 aromatic carbocycles. The Hall–Kier alpha value is -1.56. The fourth-order valence-electron chi connectivity index (χ4n) is 1.68. The number of rotatable bonds is 8. The Labute approximate surface area is 108 Å². The van der Waals surface area contributed by atoms with Crippen molar-refractivity contribution in [3.8, 4) is 5.75 Å². The van der Waals surface area contributed by atoms with Crippen molar-refractivity contribution in [2.75, 3.05) is 43.6 Å². The predicted octanol–water partition coefficient (Wildman–Crippen LogP) is 1.13. The van der Waals surface area contributed by atoms with E-state index in [4.69, 9.17) is 9.84 Å². The molecule has 1 aromatic heterocycles. The number of ether oxygens (including phenoxy) is 1. The number of anilines is 2. The van der Waals surface area contributed by atoms with E-state index in [0.29, 0.717) is 23.9 Å². The second-order valence-corrected chi connectivity index (χ2v) is 3.81. The molecule has 0 unspecified atom stereocenters. The SMILES string of the molecule is CCCNc1ncnc(N(CC)CCO)c1OC. The number of aliphatic hydroxyl groups excluding tert-OH is 1. The maximum atomic E-state index is 9.06. The van der Waals surface area contributed by atoms with Crippen molar-refractivity contribution >= 4 is 11.6 Å². The van der Waals surface area contributed by atoms with E-state index < -0.39 is 0 Å². The van der Waals surface area contributed by atoms with Gasteiger partial charge >= 0.3 is 0 Å². The van der Waals surface area contributed by atoms with Crippen LogP contribution in [0.5, 0.6) is 5.75 Å². The fraction of sp³-hybridized carbons (Fsp3) is 0.667. The average Bonchev–Trinajstić information content (AvgIpc) is 2.42. The van der Waals surface area contributed by atoms with Crippen LogP contribution >= 0.6 is 0 Å². The normalized spacial score (nSPS) is 10.2. The van der Waals surface area contributed by atoms with E-state index >= 15 is 0 Å². The van der Waals surface area contributed by atoms with Gasteiger partial charge in [-0.1, -0.05) is 6.92 Å². The predicted molar refractivity (Wildman–Crippen MR) is 72.3 cm³/mol. The monoisotopic (exact) mass is 254 g/mol. The number of methoxy groups -OCH3 is 1. The molecule has 102 valence electrons. The van der Waals surface area contributed by atoms with E-state index in [9.17, 15) is 0 Å². The summed E-state index contributed by atoms with van der Waals surface area (Å²) in [6.07, 6.45) is 2.52. The lowest BCUT2D eigenvalue weighted by atomic mass is 10.3. The third kappa shape index (κ3) is 3.46. The van der Waals surface area contributed by atoms with E-state index in [0.717, 1.165) is 19.5 Å². The number of nitrogens with one attached hydrogen (secondary N) is 1. The molecule has 6 heteroatoms. The maximum absolute atomic E-state index is 9.06. The lowest BCUT2D eigenvalue weighted by Crippen LogP contribution is -2.28. The van der Waals surface area contributed by atoms with Gasteiger partial charge in [-0.3, -0.25) is 0 Å². The molecule has 0 bridgehead atoms. The van der Waals surface area contributed by atoms with Crippen LogP contribution in [0.25, 0.3) is 0 Å². The largest absolute Gasteiger partial charge is 0.490 e. The van der Waals surface area contributed by atoms with E-state index in [1.54, 1.807) is 7.11 Å². The third-order valence-corrected chi connectivity index (χ3v) is 2.58. The second-order valence-electron chi connectivity index (χ2n) is 3.81. The number of aromatic nitrogens is 2. The van der Waals surface area contributed by atoms with E-state index in [2.05, 4.69) is 22.2 Å². The molecule has 1 aromatic rings. The van der Waals surface area contributed by atoms with Crippen molar-refractivity contribution in [3.63, 3.8) is 0 Å². The molecule has 18 heavy (non-hydrogen) atoms. The molecule has 0 aliphatic rings. The highest BCUT2D eigenvalue weighted by Gasteiger charge is 2.16. The van der Waals surface area contributed by atoms with Crippen LogP contribution in [-0.4, -0.2) is 48.4 Å². The molecular formula is C12H22N4O2. The number of likely N-dealkylation sites (N-methyl/N-ethyl adjacent to an activating group) is 1. The van der Waals surface area contributed by atoms with Crippen molar-refractivity contribution in [1.29, 1.82) is 0 Å².